The van der Waals surface area contributed by atoms with E-state index in [1.54, 1.807) is 36.7 Å². The molecule has 0 atom stereocenters. The van der Waals surface area contributed by atoms with E-state index in [1.807, 2.05) is 30.0 Å². The molecule has 0 fully saturated rings. The molecular formula is C22H17ClFN3O2S. The van der Waals surface area contributed by atoms with Crippen molar-refractivity contribution in [3.63, 3.8) is 0 Å². The zero-order valence-electron chi connectivity index (χ0n) is 16.2. The molecule has 0 saturated heterocycles. The fraction of sp³-hybridized carbons (Fsp3) is 0.0909. The molecule has 0 N–H and O–H groups in total. The van der Waals surface area contributed by atoms with Crippen LogP contribution in [0.4, 0.5) is 21.5 Å². The van der Waals surface area contributed by atoms with Crippen LogP contribution in [0.25, 0.3) is 10.8 Å². The summed E-state index contributed by atoms with van der Waals surface area (Å²) in [5.74, 6) is -0.352. The van der Waals surface area contributed by atoms with Crippen molar-refractivity contribution in [3.8, 4) is 0 Å². The highest BCUT2D eigenvalue weighted by Crippen LogP contribution is 2.40. The standard InChI is InChI=1S/C22H17ClFN3O2S/c1-14-9-22(30(2,28)29)20(23)11-21(14)27(18-7-4-17(24)5-8-18)19-6-3-15-12-25-26-13-16(15)10-19/h3-13H,1-2H3. The number of halogens is 2. The molecule has 8 heteroatoms. The number of rotatable bonds is 4. The fourth-order valence-corrected chi connectivity index (χ4v) is 4.69. The highest BCUT2D eigenvalue weighted by atomic mass is 35.5. The average Bonchev–Trinajstić information content (AvgIpc) is 2.71. The van der Waals surface area contributed by atoms with Crippen molar-refractivity contribution in [1.82, 2.24) is 10.2 Å². The number of sulfone groups is 1. The lowest BCUT2D eigenvalue weighted by Gasteiger charge is -2.28. The molecule has 1 aromatic heterocycles. The van der Waals surface area contributed by atoms with Crippen LogP contribution in [0.1, 0.15) is 5.56 Å². The van der Waals surface area contributed by atoms with Gasteiger partial charge in [0.2, 0.25) is 0 Å². The summed E-state index contributed by atoms with van der Waals surface area (Å²) in [6.07, 6.45) is 4.45. The largest absolute Gasteiger partial charge is 0.310 e. The lowest BCUT2D eigenvalue weighted by Crippen LogP contribution is -2.12. The Hall–Kier alpha value is -3.03. The van der Waals surface area contributed by atoms with E-state index in [1.165, 1.54) is 12.1 Å². The molecular weight excluding hydrogens is 425 g/mol. The number of anilines is 3. The highest BCUT2D eigenvalue weighted by Gasteiger charge is 2.20. The summed E-state index contributed by atoms with van der Waals surface area (Å²) in [6, 6.07) is 15.0. The normalized spacial score (nSPS) is 11.6. The van der Waals surface area contributed by atoms with Gasteiger partial charge in [0.1, 0.15) is 5.82 Å². The van der Waals surface area contributed by atoms with Crippen molar-refractivity contribution in [1.29, 1.82) is 0 Å². The molecule has 3 aromatic carbocycles. The Bertz CT molecular complexity index is 1360. The molecule has 0 radical (unpaired) electrons. The SMILES string of the molecule is Cc1cc(S(C)(=O)=O)c(Cl)cc1N(c1ccc(F)cc1)c1ccc2cnncc2c1. The average molecular weight is 442 g/mol. The predicted molar refractivity (Wildman–Crippen MR) is 117 cm³/mol. The van der Waals surface area contributed by atoms with Crippen LogP contribution >= 0.6 is 11.6 Å². The van der Waals surface area contributed by atoms with Crippen molar-refractivity contribution in [3.05, 3.63) is 83.4 Å². The third-order valence-electron chi connectivity index (χ3n) is 4.76. The third kappa shape index (κ3) is 3.86. The van der Waals surface area contributed by atoms with Gasteiger partial charge in [0.05, 0.1) is 28.0 Å². The zero-order chi connectivity index (χ0) is 21.5. The second-order valence-electron chi connectivity index (χ2n) is 6.96. The van der Waals surface area contributed by atoms with Crippen molar-refractivity contribution in [2.75, 3.05) is 11.2 Å². The summed E-state index contributed by atoms with van der Waals surface area (Å²) in [4.78, 5) is 1.96. The first-order valence-corrected chi connectivity index (χ1v) is 11.3. The minimum atomic E-state index is -3.48. The number of hydrogen-bond acceptors (Lipinski definition) is 5. The summed E-state index contributed by atoms with van der Waals surface area (Å²) in [5, 5.41) is 9.76. The summed E-state index contributed by atoms with van der Waals surface area (Å²) < 4.78 is 37.7. The number of aromatic nitrogens is 2. The molecule has 5 nitrogen and oxygen atoms in total. The van der Waals surface area contributed by atoms with Gasteiger partial charge in [0.25, 0.3) is 0 Å². The van der Waals surface area contributed by atoms with Crippen LogP contribution in [0.2, 0.25) is 5.02 Å². The molecule has 0 aliphatic rings. The predicted octanol–water partition coefficient (Wildman–Crippen LogP) is 5.60. The van der Waals surface area contributed by atoms with Crippen LogP contribution in [0.3, 0.4) is 0 Å². The fourth-order valence-electron chi connectivity index (χ4n) is 3.31. The van der Waals surface area contributed by atoms with Crippen LogP contribution < -0.4 is 4.90 Å². The van der Waals surface area contributed by atoms with Gasteiger partial charge in [-0.05, 0) is 61.0 Å². The first kappa shape index (κ1) is 20.3. The molecule has 1 heterocycles. The van der Waals surface area contributed by atoms with Gasteiger partial charge in [-0.15, -0.1) is 0 Å². The molecule has 0 bridgehead atoms. The van der Waals surface area contributed by atoms with Gasteiger partial charge in [-0.3, -0.25) is 0 Å². The molecule has 0 aliphatic heterocycles. The van der Waals surface area contributed by atoms with Crippen LogP contribution in [0.15, 0.2) is 71.9 Å². The van der Waals surface area contributed by atoms with E-state index in [2.05, 4.69) is 10.2 Å². The maximum Gasteiger partial charge on any atom is 0.177 e. The van der Waals surface area contributed by atoms with Gasteiger partial charge in [-0.25, -0.2) is 12.8 Å². The molecule has 0 spiro atoms. The Morgan fingerprint density at radius 2 is 1.53 bits per heavy atom. The molecule has 0 amide bonds. The Morgan fingerprint density at radius 3 is 2.20 bits per heavy atom. The summed E-state index contributed by atoms with van der Waals surface area (Å²) >= 11 is 6.34. The summed E-state index contributed by atoms with van der Waals surface area (Å²) in [7, 11) is -3.48. The molecule has 0 saturated carbocycles. The van der Waals surface area contributed by atoms with Gasteiger partial charge >= 0.3 is 0 Å². The van der Waals surface area contributed by atoms with E-state index in [9.17, 15) is 12.8 Å². The topological polar surface area (TPSA) is 63.2 Å². The summed E-state index contributed by atoms with van der Waals surface area (Å²) in [6.45, 7) is 1.81. The van der Waals surface area contributed by atoms with E-state index in [0.29, 0.717) is 16.9 Å². The van der Waals surface area contributed by atoms with Crippen molar-refractivity contribution in [2.45, 2.75) is 11.8 Å². The first-order valence-electron chi connectivity index (χ1n) is 9.00. The van der Waals surface area contributed by atoms with E-state index >= 15 is 0 Å². The third-order valence-corrected chi connectivity index (χ3v) is 6.33. The van der Waals surface area contributed by atoms with Crippen molar-refractivity contribution < 1.29 is 12.8 Å². The Labute approximate surface area is 178 Å². The second kappa shape index (κ2) is 7.66. The molecule has 4 aromatic rings. The first-order chi connectivity index (χ1) is 14.2. The number of fused-ring (bicyclic) bond motifs is 1. The minimum Gasteiger partial charge on any atom is -0.310 e. The lowest BCUT2D eigenvalue weighted by molar-refractivity contribution is 0.602. The number of nitrogens with zero attached hydrogens (tertiary/aromatic N) is 3. The molecule has 0 aliphatic carbocycles. The van der Waals surface area contributed by atoms with Gasteiger partial charge < -0.3 is 4.90 Å². The molecule has 0 unspecified atom stereocenters. The lowest BCUT2D eigenvalue weighted by atomic mass is 10.1. The second-order valence-corrected chi connectivity index (χ2v) is 9.35. The monoisotopic (exact) mass is 441 g/mol. The zero-order valence-corrected chi connectivity index (χ0v) is 17.7. The van der Waals surface area contributed by atoms with Gasteiger partial charge in [0, 0.05) is 28.4 Å². The van der Waals surface area contributed by atoms with E-state index < -0.39 is 9.84 Å². The maximum absolute atomic E-state index is 13.6. The van der Waals surface area contributed by atoms with E-state index in [4.69, 9.17) is 11.6 Å². The highest BCUT2D eigenvalue weighted by molar-refractivity contribution is 7.90. The Kier molecular flexibility index (Phi) is 5.17. The number of benzene rings is 3. The van der Waals surface area contributed by atoms with Crippen LogP contribution in [0.5, 0.6) is 0 Å². The van der Waals surface area contributed by atoms with Crippen LogP contribution in [0, 0.1) is 12.7 Å². The molecule has 30 heavy (non-hydrogen) atoms. The number of aryl methyl sites for hydroxylation is 1. The van der Waals surface area contributed by atoms with Crippen LogP contribution in [-0.4, -0.2) is 24.9 Å². The van der Waals surface area contributed by atoms with Crippen molar-refractivity contribution >= 4 is 49.3 Å². The van der Waals surface area contributed by atoms with Crippen LogP contribution in [-0.2, 0) is 9.84 Å². The molecule has 152 valence electrons. The minimum absolute atomic E-state index is 0.0678. The van der Waals surface area contributed by atoms with E-state index in [-0.39, 0.29) is 15.7 Å². The van der Waals surface area contributed by atoms with Gasteiger partial charge in [0.15, 0.2) is 9.84 Å². The number of hydrogen-bond donors (Lipinski definition) is 0. The Balaban J connectivity index is 1.96. The Morgan fingerprint density at radius 1 is 0.900 bits per heavy atom. The quantitative estimate of drug-likeness (QED) is 0.412. The maximum atomic E-state index is 13.6. The van der Waals surface area contributed by atoms with Gasteiger partial charge in [-0.2, -0.15) is 10.2 Å². The van der Waals surface area contributed by atoms with E-state index in [0.717, 1.165) is 22.7 Å². The van der Waals surface area contributed by atoms with Crippen molar-refractivity contribution in [2.24, 2.45) is 0 Å². The van der Waals surface area contributed by atoms with Gasteiger partial charge in [-0.1, -0.05) is 17.7 Å². The summed E-state index contributed by atoms with van der Waals surface area (Å²) in [5.41, 5.74) is 2.87. The molecule has 4 rings (SSSR count). The smallest absolute Gasteiger partial charge is 0.177 e.